The Hall–Kier alpha value is -1.81. The van der Waals surface area contributed by atoms with Crippen molar-refractivity contribution in [3.63, 3.8) is 0 Å². The highest BCUT2D eigenvalue weighted by molar-refractivity contribution is 7.89. The maximum absolute atomic E-state index is 13.3. The minimum absolute atomic E-state index is 0.256. The van der Waals surface area contributed by atoms with Crippen LogP contribution in [0.5, 0.6) is 0 Å². The Morgan fingerprint density at radius 1 is 0.919 bits per heavy atom. The van der Waals surface area contributed by atoms with Crippen LogP contribution in [0.1, 0.15) is 87.5 Å². The molecular weight excluding hydrogens is 488 g/mol. The summed E-state index contributed by atoms with van der Waals surface area (Å²) in [6, 6.07) is 10.3. The molecule has 0 bridgehead atoms. The van der Waals surface area contributed by atoms with E-state index in [1.165, 1.54) is 12.0 Å². The summed E-state index contributed by atoms with van der Waals surface area (Å²) in [5.74, 6) is 1.58. The molecule has 2 aliphatic heterocycles. The number of aromatic nitrogens is 2. The van der Waals surface area contributed by atoms with Gasteiger partial charge in [0.1, 0.15) is 0 Å². The zero-order valence-corrected chi connectivity index (χ0v) is 22.8. The molecule has 3 fully saturated rings. The zero-order chi connectivity index (χ0) is 25.5. The number of ether oxygens (including phenoxy) is 1. The number of rotatable bonds is 10. The van der Waals surface area contributed by atoms with Gasteiger partial charge in [-0.3, -0.25) is 4.90 Å². The molecule has 204 valence electrons. The molecule has 5 rings (SSSR count). The summed E-state index contributed by atoms with van der Waals surface area (Å²) < 4.78 is 40.0. The van der Waals surface area contributed by atoms with Crippen LogP contribution >= 0.6 is 0 Å². The molecule has 1 saturated carbocycles. The van der Waals surface area contributed by atoms with Crippen molar-refractivity contribution in [2.24, 2.45) is 5.92 Å². The van der Waals surface area contributed by atoms with Crippen LogP contribution in [-0.4, -0.2) is 65.9 Å². The van der Waals surface area contributed by atoms with Gasteiger partial charge in [0.2, 0.25) is 15.9 Å². The van der Waals surface area contributed by atoms with Gasteiger partial charge in [0.05, 0.1) is 30.9 Å². The summed E-state index contributed by atoms with van der Waals surface area (Å²) in [4.78, 5) is 7.10. The molecule has 0 unspecified atom stereocenters. The van der Waals surface area contributed by atoms with Crippen molar-refractivity contribution in [3.05, 3.63) is 47.6 Å². The molecule has 1 atom stereocenters. The van der Waals surface area contributed by atoms with Gasteiger partial charge in [-0.2, -0.15) is 9.29 Å². The van der Waals surface area contributed by atoms with E-state index >= 15 is 0 Å². The summed E-state index contributed by atoms with van der Waals surface area (Å²) in [5, 5.41) is 4.21. The molecule has 2 aromatic rings. The Kier molecular flexibility index (Phi) is 9.28. The lowest BCUT2D eigenvalue weighted by Gasteiger charge is -2.34. The fourth-order valence-electron chi connectivity index (χ4n) is 6.14. The highest BCUT2D eigenvalue weighted by atomic mass is 32.2. The topological polar surface area (TPSA) is 88.8 Å². The van der Waals surface area contributed by atoms with E-state index in [1.54, 1.807) is 4.31 Å². The first kappa shape index (κ1) is 26.8. The SMILES string of the molecule is O=S(=O)(CC1CCCCC1)N1CCCC[C@H]1c1noc(CCOC2CCN(Cc3ccccc3)CC2)n1. The first-order valence-corrected chi connectivity index (χ1v) is 15.9. The van der Waals surface area contributed by atoms with Crippen LogP contribution in [0.3, 0.4) is 0 Å². The molecule has 0 amide bonds. The van der Waals surface area contributed by atoms with Crippen molar-refractivity contribution >= 4 is 10.0 Å². The van der Waals surface area contributed by atoms with Gasteiger partial charge in [-0.05, 0) is 50.0 Å². The van der Waals surface area contributed by atoms with Crippen LogP contribution in [0, 0.1) is 5.92 Å². The van der Waals surface area contributed by atoms with Gasteiger partial charge in [-0.1, -0.05) is 61.2 Å². The van der Waals surface area contributed by atoms with E-state index in [1.807, 2.05) is 0 Å². The van der Waals surface area contributed by atoms with Crippen molar-refractivity contribution in [2.75, 3.05) is 32.0 Å². The molecule has 2 saturated heterocycles. The standard InChI is InChI=1S/C28H42N4O4S/c33-37(34,22-24-11-5-2-6-12-24)32-17-8-7-13-26(32)28-29-27(36-30-28)16-20-35-25-14-18-31(19-15-25)21-23-9-3-1-4-10-23/h1,3-4,9-10,24-26H,2,5-8,11-22H2/t26-/m0/s1. The fourth-order valence-corrected chi connectivity index (χ4v) is 8.25. The van der Waals surface area contributed by atoms with E-state index in [2.05, 4.69) is 45.4 Å². The van der Waals surface area contributed by atoms with Crippen LogP contribution in [0.15, 0.2) is 34.9 Å². The molecule has 37 heavy (non-hydrogen) atoms. The lowest BCUT2D eigenvalue weighted by Crippen LogP contribution is -2.41. The molecule has 0 radical (unpaired) electrons. The van der Waals surface area contributed by atoms with Gasteiger partial charge >= 0.3 is 0 Å². The molecule has 3 aliphatic rings. The van der Waals surface area contributed by atoms with E-state index < -0.39 is 10.0 Å². The van der Waals surface area contributed by atoms with Crippen LogP contribution in [0.2, 0.25) is 0 Å². The van der Waals surface area contributed by atoms with Gasteiger partial charge in [-0.25, -0.2) is 8.42 Å². The minimum Gasteiger partial charge on any atom is -0.378 e. The van der Waals surface area contributed by atoms with Crippen LogP contribution in [0.25, 0.3) is 0 Å². The number of hydrogen-bond acceptors (Lipinski definition) is 7. The van der Waals surface area contributed by atoms with Crippen LogP contribution in [0.4, 0.5) is 0 Å². The lowest BCUT2D eigenvalue weighted by molar-refractivity contribution is 0.00548. The number of sulfonamides is 1. The first-order valence-electron chi connectivity index (χ1n) is 14.3. The molecule has 3 heterocycles. The van der Waals surface area contributed by atoms with Crippen molar-refractivity contribution in [3.8, 4) is 0 Å². The smallest absolute Gasteiger partial charge is 0.229 e. The molecular formula is C28H42N4O4S. The number of nitrogens with zero attached hydrogens (tertiary/aromatic N) is 4. The molecule has 1 aliphatic carbocycles. The third-order valence-electron chi connectivity index (χ3n) is 8.22. The number of hydrogen-bond donors (Lipinski definition) is 0. The predicted molar refractivity (Wildman–Crippen MR) is 142 cm³/mol. The normalized spacial score (nSPS) is 23.4. The van der Waals surface area contributed by atoms with Crippen molar-refractivity contribution in [1.82, 2.24) is 19.3 Å². The Morgan fingerprint density at radius 2 is 1.68 bits per heavy atom. The molecule has 1 aromatic heterocycles. The van der Waals surface area contributed by atoms with Gasteiger partial charge in [0.15, 0.2) is 5.82 Å². The van der Waals surface area contributed by atoms with Crippen molar-refractivity contribution in [2.45, 2.75) is 89.3 Å². The second-order valence-corrected chi connectivity index (χ2v) is 13.0. The molecule has 1 aromatic carbocycles. The molecule has 8 nitrogen and oxygen atoms in total. The summed E-state index contributed by atoms with van der Waals surface area (Å²) in [5.41, 5.74) is 1.35. The number of benzene rings is 1. The Bertz CT molecular complexity index is 1060. The molecule has 0 N–H and O–H groups in total. The number of piperidine rings is 2. The monoisotopic (exact) mass is 530 g/mol. The van der Waals surface area contributed by atoms with Gasteiger partial charge in [0.25, 0.3) is 0 Å². The Balaban J connectivity index is 1.08. The largest absolute Gasteiger partial charge is 0.378 e. The van der Waals surface area contributed by atoms with E-state index in [4.69, 9.17) is 9.26 Å². The van der Waals surface area contributed by atoms with Crippen molar-refractivity contribution < 1.29 is 17.7 Å². The summed E-state index contributed by atoms with van der Waals surface area (Å²) in [6.07, 6.45) is 11.1. The highest BCUT2D eigenvalue weighted by Crippen LogP contribution is 2.34. The molecule has 0 spiro atoms. The van der Waals surface area contributed by atoms with E-state index in [0.717, 1.165) is 77.4 Å². The third kappa shape index (κ3) is 7.40. The Morgan fingerprint density at radius 3 is 2.46 bits per heavy atom. The zero-order valence-electron chi connectivity index (χ0n) is 22.0. The first-order chi connectivity index (χ1) is 18.1. The highest BCUT2D eigenvalue weighted by Gasteiger charge is 2.37. The minimum atomic E-state index is -3.34. The fraction of sp³-hybridized carbons (Fsp3) is 0.714. The van der Waals surface area contributed by atoms with Crippen LogP contribution < -0.4 is 0 Å². The van der Waals surface area contributed by atoms with Gasteiger partial charge in [-0.15, -0.1) is 0 Å². The molecule has 9 heteroatoms. The summed E-state index contributed by atoms with van der Waals surface area (Å²) >= 11 is 0. The summed E-state index contributed by atoms with van der Waals surface area (Å²) in [6.45, 7) is 4.16. The average molecular weight is 531 g/mol. The second-order valence-electron chi connectivity index (χ2n) is 11.0. The average Bonchev–Trinajstić information content (AvgIpc) is 3.39. The van der Waals surface area contributed by atoms with Gasteiger partial charge < -0.3 is 9.26 Å². The van der Waals surface area contributed by atoms with E-state index in [-0.39, 0.29) is 23.8 Å². The quantitative estimate of drug-likeness (QED) is 0.439. The number of likely N-dealkylation sites (tertiary alicyclic amines) is 1. The van der Waals surface area contributed by atoms with E-state index in [0.29, 0.717) is 31.3 Å². The Labute approximate surface area is 221 Å². The van der Waals surface area contributed by atoms with E-state index in [9.17, 15) is 8.42 Å². The third-order valence-corrected chi connectivity index (χ3v) is 10.3. The van der Waals surface area contributed by atoms with Gasteiger partial charge in [0, 0.05) is 26.2 Å². The van der Waals surface area contributed by atoms with Crippen LogP contribution in [-0.2, 0) is 27.7 Å². The van der Waals surface area contributed by atoms with Crippen molar-refractivity contribution in [1.29, 1.82) is 0 Å². The lowest BCUT2D eigenvalue weighted by atomic mass is 9.91. The maximum Gasteiger partial charge on any atom is 0.229 e. The predicted octanol–water partition coefficient (Wildman–Crippen LogP) is 4.73. The maximum atomic E-state index is 13.3. The second kappa shape index (κ2) is 12.8. The summed E-state index contributed by atoms with van der Waals surface area (Å²) in [7, 11) is -3.34.